The molecule has 1 aromatic rings. The Balaban J connectivity index is 1.85. The summed E-state index contributed by atoms with van der Waals surface area (Å²) in [6.07, 6.45) is 1.70. The molecule has 112 valence electrons. The van der Waals surface area contributed by atoms with E-state index < -0.39 is 0 Å². The largest absolute Gasteiger partial charge is 0.487 e. The molecule has 4 nitrogen and oxygen atoms in total. The number of ether oxygens (including phenoxy) is 3. The van der Waals surface area contributed by atoms with Crippen LogP contribution in [0.15, 0.2) is 18.2 Å². The molecule has 0 bridgehead atoms. The lowest BCUT2D eigenvalue weighted by molar-refractivity contribution is 0.0240. The third-order valence-electron chi connectivity index (χ3n) is 3.27. The Bertz CT molecular complexity index is 408. The average Bonchev–Trinajstić information content (AvgIpc) is 2.47. The number of hydrogen-bond acceptors (Lipinski definition) is 4. The van der Waals surface area contributed by atoms with E-state index >= 15 is 0 Å². The molecule has 1 heterocycles. The van der Waals surface area contributed by atoms with Crippen LogP contribution in [0.25, 0.3) is 0 Å². The van der Waals surface area contributed by atoms with Gasteiger partial charge in [0, 0.05) is 33.0 Å². The number of rotatable bonds is 7. The van der Waals surface area contributed by atoms with E-state index in [9.17, 15) is 4.39 Å². The van der Waals surface area contributed by atoms with Crippen molar-refractivity contribution in [2.75, 3.05) is 33.5 Å². The molecule has 1 aliphatic rings. The maximum atomic E-state index is 14.0. The molecule has 0 radical (unpaired) electrons. The molecule has 0 spiro atoms. The summed E-state index contributed by atoms with van der Waals surface area (Å²) in [5.41, 5.74) is 0.901. The second-order valence-corrected chi connectivity index (χ2v) is 4.86. The summed E-state index contributed by atoms with van der Waals surface area (Å²) in [5.74, 6) is 0.0278. The molecule has 1 N–H and O–H groups in total. The van der Waals surface area contributed by atoms with Crippen LogP contribution in [0, 0.1) is 5.82 Å². The Morgan fingerprint density at radius 3 is 2.85 bits per heavy atom. The molecular formula is C15H22FNO3. The Morgan fingerprint density at radius 2 is 2.15 bits per heavy atom. The number of hydrogen-bond donors (Lipinski definition) is 1. The van der Waals surface area contributed by atoms with E-state index in [1.54, 1.807) is 13.2 Å². The highest BCUT2D eigenvalue weighted by Crippen LogP contribution is 2.22. The Hall–Kier alpha value is -1.17. The van der Waals surface area contributed by atoms with E-state index in [-0.39, 0.29) is 11.9 Å². The van der Waals surface area contributed by atoms with Crippen molar-refractivity contribution in [2.24, 2.45) is 0 Å². The molecule has 0 saturated carbocycles. The van der Waals surface area contributed by atoms with Gasteiger partial charge >= 0.3 is 0 Å². The SMILES string of the molecule is COCCNCc1ccc(OC2CCOCC2)c(F)c1. The lowest BCUT2D eigenvalue weighted by Crippen LogP contribution is -2.26. The molecule has 0 amide bonds. The minimum absolute atomic E-state index is 0.0592. The second-order valence-electron chi connectivity index (χ2n) is 4.86. The second kappa shape index (κ2) is 8.19. The first-order valence-electron chi connectivity index (χ1n) is 7.02. The first kappa shape index (κ1) is 15.2. The van der Waals surface area contributed by atoms with Gasteiger partial charge in [0.05, 0.1) is 19.8 Å². The van der Waals surface area contributed by atoms with Gasteiger partial charge in [-0.1, -0.05) is 6.07 Å². The van der Waals surface area contributed by atoms with Crippen LogP contribution in [0.3, 0.4) is 0 Å². The fourth-order valence-electron chi connectivity index (χ4n) is 2.13. The minimum Gasteiger partial charge on any atom is -0.487 e. The van der Waals surface area contributed by atoms with Gasteiger partial charge in [-0.05, 0) is 17.7 Å². The van der Waals surface area contributed by atoms with Gasteiger partial charge in [0.15, 0.2) is 11.6 Å². The normalized spacial score (nSPS) is 16.3. The number of halogens is 1. The van der Waals surface area contributed by atoms with Crippen LogP contribution in [0.1, 0.15) is 18.4 Å². The number of nitrogens with one attached hydrogen (secondary N) is 1. The molecule has 20 heavy (non-hydrogen) atoms. The molecule has 0 aliphatic carbocycles. The van der Waals surface area contributed by atoms with Crippen LogP contribution in [0.4, 0.5) is 4.39 Å². The van der Waals surface area contributed by atoms with Crippen LogP contribution in [-0.4, -0.2) is 39.6 Å². The fourth-order valence-corrected chi connectivity index (χ4v) is 2.13. The minimum atomic E-state index is -0.303. The van der Waals surface area contributed by atoms with Crippen molar-refractivity contribution in [3.8, 4) is 5.75 Å². The highest BCUT2D eigenvalue weighted by Gasteiger charge is 2.17. The summed E-state index contributed by atoms with van der Waals surface area (Å²) < 4.78 is 29.9. The Kier molecular flexibility index (Phi) is 6.24. The van der Waals surface area contributed by atoms with Gasteiger partial charge in [-0.2, -0.15) is 0 Å². The predicted octanol–water partition coefficient (Wildman–Crippen LogP) is 2.12. The van der Waals surface area contributed by atoms with E-state index in [2.05, 4.69) is 5.32 Å². The molecule has 1 fully saturated rings. The van der Waals surface area contributed by atoms with Gasteiger partial charge < -0.3 is 19.5 Å². The van der Waals surface area contributed by atoms with Gasteiger partial charge in [0.1, 0.15) is 6.10 Å². The molecule has 1 aromatic carbocycles. The van der Waals surface area contributed by atoms with Crippen molar-refractivity contribution < 1.29 is 18.6 Å². The Labute approximate surface area is 119 Å². The first-order chi connectivity index (χ1) is 9.79. The van der Waals surface area contributed by atoms with E-state index in [1.807, 2.05) is 6.07 Å². The summed E-state index contributed by atoms with van der Waals surface area (Å²) in [6.45, 7) is 3.39. The molecule has 5 heteroatoms. The molecule has 0 unspecified atom stereocenters. The van der Waals surface area contributed by atoms with Crippen molar-refractivity contribution in [1.82, 2.24) is 5.32 Å². The van der Waals surface area contributed by atoms with Crippen molar-refractivity contribution in [1.29, 1.82) is 0 Å². The van der Waals surface area contributed by atoms with Crippen molar-refractivity contribution in [2.45, 2.75) is 25.5 Å². The summed E-state index contributed by atoms with van der Waals surface area (Å²) in [4.78, 5) is 0. The lowest BCUT2D eigenvalue weighted by Gasteiger charge is -2.23. The average molecular weight is 283 g/mol. The number of methoxy groups -OCH3 is 1. The maximum absolute atomic E-state index is 14.0. The molecule has 1 saturated heterocycles. The molecule has 0 atom stereocenters. The van der Waals surface area contributed by atoms with Gasteiger partial charge in [0.25, 0.3) is 0 Å². The lowest BCUT2D eigenvalue weighted by atomic mass is 10.1. The zero-order valence-corrected chi connectivity index (χ0v) is 11.9. The fraction of sp³-hybridized carbons (Fsp3) is 0.600. The van der Waals surface area contributed by atoms with Crippen molar-refractivity contribution >= 4 is 0 Å². The quantitative estimate of drug-likeness (QED) is 0.778. The zero-order valence-electron chi connectivity index (χ0n) is 11.9. The van der Waals surface area contributed by atoms with Gasteiger partial charge in [-0.3, -0.25) is 0 Å². The topological polar surface area (TPSA) is 39.7 Å². The highest BCUT2D eigenvalue weighted by molar-refractivity contribution is 5.29. The third-order valence-corrected chi connectivity index (χ3v) is 3.27. The van der Waals surface area contributed by atoms with Crippen molar-refractivity contribution in [3.05, 3.63) is 29.6 Å². The first-order valence-corrected chi connectivity index (χ1v) is 7.02. The van der Waals surface area contributed by atoms with Crippen LogP contribution in [0.2, 0.25) is 0 Å². The summed E-state index contributed by atoms with van der Waals surface area (Å²) >= 11 is 0. The van der Waals surface area contributed by atoms with E-state index in [1.165, 1.54) is 6.07 Å². The molecule has 2 rings (SSSR count). The van der Waals surface area contributed by atoms with Crippen LogP contribution in [0.5, 0.6) is 5.75 Å². The van der Waals surface area contributed by atoms with E-state index in [0.29, 0.717) is 32.1 Å². The summed E-state index contributed by atoms with van der Waals surface area (Å²) in [6, 6.07) is 5.12. The maximum Gasteiger partial charge on any atom is 0.165 e. The van der Waals surface area contributed by atoms with Gasteiger partial charge in [-0.25, -0.2) is 4.39 Å². The summed E-state index contributed by atoms with van der Waals surface area (Å²) in [5, 5.41) is 3.18. The smallest absolute Gasteiger partial charge is 0.165 e. The zero-order chi connectivity index (χ0) is 14.2. The molecule has 1 aliphatic heterocycles. The van der Waals surface area contributed by atoms with Crippen molar-refractivity contribution in [3.63, 3.8) is 0 Å². The highest BCUT2D eigenvalue weighted by atomic mass is 19.1. The number of benzene rings is 1. The third kappa shape index (κ3) is 4.74. The molecule has 0 aromatic heterocycles. The summed E-state index contributed by atoms with van der Waals surface area (Å²) in [7, 11) is 1.66. The monoisotopic (exact) mass is 283 g/mol. The Morgan fingerprint density at radius 1 is 1.35 bits per heavy atom. The van der Waals surface area contributed by atoms with E-state index in [4.69, 9.17) is 14.2 Å². The molecular weight excluding hydrogens is 261 g/mol. The van der Waals surface area contributed by atoms with E-state index in [0.717, 1.165) is 24.9 Å². The predicted molar refractivity (Wildman–Crippen MR) is 74.5 cm³/mol. The van der Waals surface area contributed by atoms with Crippen LogP contribution < -0.4 is 10.1 Å². The van der Waals surface area contributed by atoms with Crippen LogP contribution >= 0.6 is 0 Å². The van der Waals surface area contributed by atoms with Gasteiger partial charge in [0.2, 0.25) is 0 Å². The standard InChI is InChI=1S/C15H22FNO3/c1-18-9-6-17-11-12-2-3-15(14(16)10-12)20-13-4-7-19-8-5-13/h2-3,10,13,17H,4-9,11H2,1H3. The van der Waals surface area contributed by atoms with Crippen LogP contribution in [-0.2, 0) is 16.0 Å². The van der Waals surface area contributed by atoms with Gasteiger partial charge in [-0.15, -0.1) is 0 Å².